The van der Waals surface area contributed by atoms with Crippen LogP contribution in [0.25, 0.3) is 0 Å². The second kappa shape index (κ2) is 5.42. The van der Waals surface area contributed by atoms with Crippen molar-refractivity contribution in [3.63, 3.8) is 0 Å². The van der Waals surface area contributed by atoms with E-state index in [2.05, 4.69) is 5.32 Å². The molecule has 7 heteroatoms. The van der Waals surface area contributed by atoms with Crippen LogP contribution in [-0.4, -0.2) is 4.92 Å². The summed E-state index contributed by atoms with van der Waals surface area (Å²) >= 11 is 11.7. The van der Waals surface area contributed by atoms with Crippen molar-refractivity contribution in [3.8, 4) is 0 Å². The lowest BCUT2D eigenvalue weighted by Crippen LogP contribution is -2.00. The van der Waals surface area contributed by atoms with Gasteiger partial charge in [0.2, 0.25) is 5.82 Å². The molecule has 2 aromatic carbocycles. The summed E-state index contributed by atoms with van der Waals surface area (Å²) in [6, 6.07) is 8.38. The molecule has 0 amide bonds. The van der Waals surface area contributed by atoms with E-state index in [0.29, 0.717) is 15.7 Å². The van der Waals surface area contributed by atoms with E-state index in [0.717, 1.165) is 6.07 Å². The molecule has 19 heavy (non-hydrogen) atoms. The van der Waals surface area contributed by atoms with E-state index in [9.17, 15) is 14.5 Å². The van der Waals surface area contributed by atoms with Gasteiger partial charge in [-0.15, -0.1) is 0 Å². The number of para-hydroxylation sites is 1. The number of nitrogens with zero attached hydrogens (tertiary/aromatic N) is 1. The Morgan fingerprint density at radius 3 is 2.58 bits per heavy atom. The summed E-state index contributed by atoms with van der Waals surface area (Å²) < 4.78 is 13.4. The molecule has 0 spiro atoms. The summed E-state index contributed by atoms with van der Waals surface area (Å²) in [5.41, 5.74) is -0.268. The topological polar surface area (TPSA) is 55.2 Å². The number of nitro groups is 1. The Labute approximate surface area is 117 Å². The Kier molecular flexibility index (Phi) is 3.87. The normalized spacial score (nSPS) is 10.3. The van der Waals surface area contributed by atoms with Crippen LogP contribution in [0.3, 0.4) is 0 Å². The van der Waals surface area contributed by atoms with Gasteiger partial charge in [-0.1, -0.05) is 29.3 Å². The third-order valence-electron chi connectivity index (χ3n) is 2.37. The van der Waals surface area contributed by atoms with E-state index < -0.39 is 16.4 Å². The number of hydrogen-bond donors (Lipinski definition) is 1. The Morgan fingerprint density at radius 1 is 1.16 bits per heavy atom. The van der Waals surface area contributed by atoms with Gasteiger partial charge in [-0.3, -0.25) is 10.1 Å². The Bertz CT molecular complexity index is 650. The van der Waals surface area contributed by atoms with Gasteiger partial charge in [0.05, 0.1) is 15.6 Å². The average Bonchev–Trinajstić information content (AvgIpc) is 2.33. The zero-order valence-electron chi connectivity index (χ0n) is 9.36. The van der Waals surface area contributed by atoms with Crippen molar-refractivity contribution in [2.24, 2.45) is 0 Å². The third kappa shape index (κ3) is 2.94. The molecule has 0 heterocycles. The second-order valence-corrected chi connectivity index (χ2v) is 4.49. The molecule has 4 nitrogen and oxygen atoms in total. The van der Waals surface area contributed by atoms with Crippen LogP contribution in [0.4, 0.5) is 21.5 Å². The Hall–Kier alpha value is -1.85. The molecule has 2 rings (SSSR count). The highest BCUT2D eigenvalue weighted by Gasteiger charge is 2.20. The van der Waals surface area contributed by atoms with E-state index in [1.807, 2.05) is 0 Å². The standard InChI is InChI=1S/C12H7Cl2FN2O2/c13-7-4-5-8(14)11(6-7)16-10-3-1-2-9(15)12(10)17(18)19/h1-6,16H. The summed E-state index contributed by atoms with van der Waals surface area (Å²) in [5.74, 6) is -0.923. The van der Waals surface area contributed by atoms with Crippen molar-refractivity contribution in [2.75, 3.05) is 5.32 Å². The van der Waals surface area contributed by atoms with Gasteiger partial charge in [0.15, 0.2) is 0 Å². The molecule has 0 radical (unpaired) electrons. The van der Waals surface area contributed by atoms with Crippen molar-refractivity contribution in [1.29, 1.82) is 0 Å². The van der Waals surface area contributed by atoms with Crippen molar-refractivity contribution in [3.05, 3.63) is 62.4 Å². The maximum atomic E-state index is 13.4. The first-order valence-corrected chi connectivity index (χ1v) is 5.89. The minimum Gasteiger partial charge on any atom is -0.349 e. The van der Waals surface area contributed by atoms with Crippen LogP contribution >= 0.6 is 23.2 Å². The first-order chi connectivity index (χ1) is 8.99. The number of nitro benzene ring substituents is 1. The first kappa shape index (κ1) is 13.6. The molecule has 0 atom stereocenters. The first-order valence-electron chi connectivity index (χ1n) is 5.14. The number of hydrogen-bond acceptors (Lipinski definition) is 3. The summed E-state index contributed by atoms with van der Waals surface area (Å²) in [7, 11) is 0. The molecule has 0 aliphatic heterocycles. The molecular weight excluding hydrogens is 294 g/mol. The second-order valence-electron chi connectivity index (χ2n) is 3.64. The number of rotatable bonds is 3. The zero-order chi connectivity index (χ0) is 14.0. The minimum absolute atomic E-state index is 0.00849. The lowest BCUT2D eigenvalue weighted by Gasteiger charge is -2.09. The quantitative estimate of drug-likeness (QED) is 0.655. The SMILES string of the molecule is O=[N+]([O-])c1c(F)cccc1Nc1cc(Cl)ccc1Cl. The number of nitrogens with one attached hydrogen (secondary N) is 1. The monoisotopic (exact) mass is 300 g/mol. The third-order valence-corrected chi connectivity index (χ3v) is 2.93. The van der Waals surface area contributed by atoms with Crippen LogP contribution in [0.2, 0.25) is 10.0 Å². The molecule has 0 aliphatic rings. The fourth-order valence-electron chi connectivity index (χ4n) is 1.54. The maximum Gasteiger partial charge on any atom is 0.327 e. The molecule has 0 bridgehead atoms. The van der Waals surface area contributed by atoms with E-state index >= 15 is 0 Å². The van der Waals surface area contributed by atoms with Crippen molar-refractivity contribution in [1.82, 2.24) is 0 Å². The van der Waals surface area contributed by atoms with Gasteiger partial charge in [-0.25, -0.2) is 0 Å². The molecule has 0 fully saturated rings. The van der Waals surface area contributed by atoms with Gasteiger partial charge in [0.25, 0.3) is 0 Å². The van der Waals surface area contributed by atoms with Gasteiger partial charge in [-0.05, 0) is 30.3 Å². The predicted molar refractivity (Wildman–Crippen MR) is 72.8 cm³/mol. The molecule has 0 saturated heterocycles. The van der Waals surface area contributed by atoms with E-state index in [4.69, 9.17) is 23.2 Å². The van der Waals surface area contributed by atoms with Crippen LogP contribution in [0.5, 0.6) is 0 Å². The summed E-state index contributed by atoms with van der Waals surface area (Å²) in [4.78, 5) is 10.1. The average molecular weight is 301 g/mol. The number of halogens is 3. The largest absolute Gasteiger partial charge is 0.349 e. The Morgan fingerprint density at radius 2 is 1.89 bits per heavy atom. The van der Waals surface area contributed by atoms with Gasteiger partial charge < -0.3 is 5.32 Å². The predicted octanol–water partition coefficient (Wildman–Crippen LogP) is 4.78. The van der Waals surface area contributed by atoms with Gasteiger partial charge in [-0.2, -0.15) is 4.39 Å². The maximum absolute atomic E-state index is 13.4. The van der Waals surface area contributed by atoms with Crippen molar-refractivity contribution < 1.29 is 9.31 Å². The minimum atomic E-state index is -0.923. The smallest absolute Gasteiger partial charge is 0.327 e. The molecule has 0 aromatic heterocycles. The molecule has 0 aliphatic carbocycles. The fraction of sp³-hybridized carbons (Fsp3) is 0. The van der Waals surface area contributed by atoms with Crippen LogP contribution < -0.4 is 5.32 Å². The number of anilines is 2. The number of benzene rings is 2. The molecule has 0 unspecified atom stereocenters. The lowest BCUT2D eigenvalue weighted by atomic mass is 10.2. The highest BCUT2D eigenvalue weighted by Crippen LogP contribution is 2.33. The van der Waals surface area contributed by atoms with Crippen LogP contribution in [-0.2, 0) is 0 Å². The van der Waals surface area contributed by atoms with Gasteiger partial charge >= 0.3 is 5.69 Å². The Balaban J connectivity index is 2.46. The summed E-state index contributed by atoms with van der Waals surface area (Å²) in [5, 5.41) is 14.3. The molecule has 2 aromatic rings. The highest BCUT2D eigenvalue weighted by molar-refractivity contribution is 6.35. The molecule has 0 saturated carbocycles. The molecular formula is C12H7Cl2FN2O2. The summed E-state index contributed by atoms with van der Waals surface area (Å²) in [6.07, 6.45) is 0. The fourth-order valence-corrected chi connectivity index (χ4v) is 1.88. The van der Waals surface area contributed by atoms with E-state index in [-0.39, 0.29) is 5.69 Å². The van der Waals surface area contributed by atoms with Crippen molar-refractivity contribution >= 4 is 40.3 Å². The van der Waals surface area contributed by atoms with Crippen molar-refractivity contribution in [2.45, 2.75) is 0 Å². The zero-order valence-corrected chi connectivity index (χ0v) is 10.9. The highest BCUT2D eigenvalue weighted by atomic mass is 35.5. The van der Waals surface area contributed by atoms with Crippen LogP contribution in [0.1, 0.15) is 0 Å². The molecule has 98 valence electrons. The van der Waals surface area contributed by atoms with E-state index in [1.54, 1.807) is 6.07 Å². The lowest BCUT2D eigenvalue weighted by molar-refractivity contribution is -0.386. The molecule has 1 N–H and O–H groups in total. The van der Waals surface area contributed by atoms with Crippen LogP contribution in [0, 0.1) is 15.9 Å². The van der Waals surface area contributed by atoms with Crippen LogP contribution in [0.15, 0.2) is 36.4 Å². The van der Waals surface area contributed by atoms with E-state index in [1.165, 1.54) is 24.3 Å². The van der Waals surface area contributed by atoms with Gasteiger partial charge in [0, 0.05) is 5.02 Å². The van der Waals surface area contributed by atoms with Gasteiger partial charge in [0.1, 0.15) is 5.69 Å². The summed E-state index contributed by atoms with van der Waals surface area (Å²) in [6.45, 7) is 0.